The summed E-state index contributed by atoms with van der Waals surface area (Å²) >= 11 is 0. The number of hydrogen-bond acceptors (Lipinski definition) is 4. The topological polar surface area (TPSA) is 32.3 Å². The van der Waals surface area contributed by atoms with E-state index in [9.17, 15) is 0 Å². The van der Waals surface area contributed by atoms with Gasteiger partial charge in [0.1, 0.15) is 0 Å². The molecule has 2 aromatic carbocycles. The summed E-state index contributed by atoms with van der Waals surface area (Å²) in [5, 5.41) is 5.42. The highest BCUT2D eigenvalue weighted by Gasteiger charge is 2.16. The Balaban J connectivity index is 0.000000174. The lowest BCUT2D eigenvalue weighted by Gasteiger charge is -2.17. The summed E-state index contributed by atoms with van der Waals surface area (Å²) in [6.45, 7) is 20.0. The van der Waals surface area contributed by atoms with E-state index in [1.807, 2.05) is 20.0 Å². The van der Waals surface area contributed by atoms with Gasteiger partial charge in [0.05, 0.1) is 11.4 Å². The van der Waals surface area contributed by atoms with Crippen molar-refractivity contribution in [2.75, 3.05) is 26.2 Å². The molecule has 2 saturated heterocycles. The molecule has 0 atom stereocenters. The average Bonchev–Trinajstić information content (AvgIpc) is 3.69. The highest BCUT2D eigenvalue weighted by atomic mass is 15.1. The lowest BCUT2D eigenvalue weighted by Crippen LogP contribution is -2.18. The molecule has 0 bridgehead atoms. The molecule has 2 fully saturated rings. The predicted molar refractivity (Wildman–Crippen MR) is 172 cm³/mol. The first kappa shape index (κ1) is 30.1. The molecule has 214 valence electrons. The minimum absolute atomic E-state index is 0.478. The number of pyridine rings is 2. The highest BCUT2D eigenvalue weighted by molar-refractivity contribution is 5.88. The molecular formula is C36H50N4. The molecule has 0 amide bonds. The van der Waals surface area contributed by atoms with Gasteiger partial charge in [-0.15, -0.1) is 0 Å². The number of fused-ring (bicyclic) bond motifs is 2. The van der Waals surface area contributed by atoms with Crippen LogP contribution in [0, 0.1) is 0 Å². The van der Waals surface area contributed by atoms with Gasteiger partial charge >= 0.3 is 0 Å². The second-order valence-electron chi connectivity index (χ2n) is 11.7. The molecule has 2 aliphatic heterocycles. The summed E-state index contributed by atoms with van der Waals surface area (Å²) < 4.78 is 0. The van der Waals surface area contributed by atoms with E-state index >= 15 is 0 Å². The highest BCUT2D eigenvalue weighted by Crippen LogP contribution is 2.28. The summed E-state index contributed by atoms with van der Waals surface area (Å²) in [4.78, 5) is 14.4. The number of aromatic nitrogens is 2. The van der Waals surface area contributed by atoms with Gasteiger partial charge in [-0.25, -0.2) is 0 Å². The van der Waals surface area contributed by atoms with Gasteiger partial charge in [-0.3, -0.25) is 19.8 Å². The van der Waals surface area contributed by atoms with E-state index in [-0.39, 0.29) is 0 Å². The Morgan fingerprint density at radius 3 is 1.62 bits per heavy atom. The third kappa shape index (κ3) is 7.27. The standard InChI is InChI=1S/2C17H22N2.C2H6/c1-13(2)17-16-7-5-6-14(15(16)8-9-18-17)12-19-10-3-4-11-19;1-13(2)17-16-8-4-3-7-15(16)14(11-18-17)12-19-9-5-6-10-19;1-2/h5-9,13H,3-4,10-12H2,1-2H3;3-4,7-8,11,13H,5-6,9-10,12H2,1-2H3;1-2H3. The lowest BCUT2D eigenvalue weighted by atomic mass is 9.99. The van der Waals surface area contributed by atoms with Crippen LogP contribution in [0.2, 0.25) is 0 Å². The van der Waals surface area contributed by atoms with Gasteiger partial charge in [-0.05, 0) is 91.7 Å². The zero-order valence-corrected chi connectivity index (χ0v) is 25.8. The lowest BCUT2D eigenvalue weighted by molar-refractivity contribution is 0.332. The smallest absolute Gasteiger partial charge is 0.0507 e. The van der Waals surface area contributed by atoms with Crippen molar-refractivity contribution in [3.63, 3.8) is 0 Å². The molecular weight excluding hydrogens is 488 g/mol. The minimum Gasteiger partial charge on any atom is -0.299 e. The molecule has 4 heterocycles. The fourth-order valence-corrected chi connectivity index (χ4v) is 6.12. The van der Waals surface area contributed by atoms with E-state index < -0.39 is 0 Å². The largest absolute Gasteiger partial charge is 0.299 e. The van der Waals surface area contributed by atoms with Gasteiger partial charge in [0.15, 0.2) is 0 Å². The Morgan fingerprint density at radius 1 is 0.575 bits per heavy atom. The first-order valence-corrected chi connectivity index (χ1v) is 15.7. The molecule has 2 aliphatic rings. The fraction of sp³-hybridized carbons (Fsp3) is 0.500. The van der Waals surface area contributed by atoms with Crippen LogP contribution >= 0.6 is 0 Å². The van der Waals surface area contributed by atoms with Gasteiger partial charge in [0.2, 0.25) is 0 Å². The number of benzene rings is 2. The molecule has 0 unspecified atom stereocenters. The summed E-state index contributed by atoms with van der Waals surface area (Å²) in [6.07, 6.45) is 9.44. The van der Waals surface area contributed by atoms with Crippen molar-refractivity contribution in [3.8, 4) is 0 Å². The van der Waals surface area contributed by atoms with E-state index in [1.54, 1.807) is 0 Å². The molecule has 40 heavy (non-hydrogen) atoms. The Labute approximate surface area is 242 Å². The zero-order chi connectivity index (χ0) is 28.5. The van der Waals surface area contributed by atoms with Gasteiger partial charge in [0, 0.05) is 36.3 Å². The SMILES string of the molecule is CC.CC(C)c1ncc(CN2CCCC2)c2ccccc12.CC(C)c1nccc2c(CN3CCCC3)cccc12. The molecule has 0 N–H and O–H groups in total. The molecule has 4 nitrogen and oxygen atoms in total. The molecule has 4 heteroatoms. The van der Waals surface area contributed by atoms with Crippen LogP contribution in [0.1, 0.15) is 102 Å². The third-order valence-electron chi connectivity index (χ3n) is 8.11. The van der Waals surface area contributed by atoms with E-state index in [0.29, 0.717) is 11.8 Å². The predicted octanol–water partition coefficient (Wildman–Crippen LogP) is 8.93. The van der Waals surface area contributed by atoms with Crippen LogP contribution in [0.15, 0.2) is 60.9 Å². The van der Waals surface area contributed by atoms with Crippen LogP contribution in [-0.4, -0.2) is 45.9 Å². The van der Waals surface area contributed by atoms with E-state index in [4.69, 9.17) is 4.98 Å². The van der Waals surface area contributed by atoms with Crippen LogP contribution in [0.5, 0.6) is 0 Å². The normalized spacial score (nSPS) is 15.9. The molecule has 0 radical (unpaired) electrons. The van der Waals surface area contributed by atoms with Gasteiger partial charge in [-0.2, -0.15) is 0 Å². The van der Waals surface area contributed by atoms with Gasteiger partial charge < -0.3 is 0 Å². The molecule has 0 saturated carbocycles. The van der Waals surface area contributed by atoms with Crippen molar-refractivity contribution < 1.29 is 0 Å². The Hall–Kier alpha value is -2.82. The minimum atomic E-state index is 0.478. The number of hydrogen-bond donors (Lipinski definition) is 0. The van der Waals surface area contributed by atoms with E-state index in [1.165, 1.54) is 95.9 Å². The Kier molecular flexibility index (Phi) is 11.1. The summed E-state index contributed by atoms with van der Waals surface area (Å²) in [6, 6.07) is 17.6. The van der Waals surface area contributed by atoms with Crippen molar-refractivity contribution in [1.82, 2.24) is 19.8 Å². The molecule has 2 aromatic heterocycles. The van der Waals surface area contributed by atoms with Crippen LogP contribution in [-0.2, 0) is 13.1 Å². The first-order valence-electron chi connectivity index (χ1n) is 15.7. The van der Waals surface area contributed by atoms with Crippen molar-refractivity contribution in [2.24, 2.45) is 0 Å². The molecule has 0 aliphatic carbocycles. The Morgan fingerprint density at radius 2 is 1.05 bits per heavy atom. The second-order valence-corrected chi connectivity index (χ2v) is 11.7. The maximum Gasteiger partial charge on any atom is 0.0507 e. The molecule has 6 rings (SSSR count). The quantitative estimate of drug-likeness (QED) is 0.245. The first-order chi connectivity index (χ1) is 19.5. The van der Waals surface area contributed by atoms with Crippen LogP contribution in [0.4, 0.5) is 0 Å². The molecule has 0 spiro atoms. The maximum atomic E-state index is 4.72. The average molecular weight is 539 g/mol. The van der Waals surface area contributed by atoms with Crippen molar-refractivity contribution in [2.45, 2.75) is 92.2 Å². The van der Waals surface area contributed by atoms with E-state index in [0.717, 1.165) is 13.1 Å². The second kappa shape index (κ2) is 14.7. The number of nitrogens with zero attached hydrogens (tertiary/aromatic N) is 4. The van der Waals surface area contributed by atoms with Crippen molar-refractivity contribution >= 4 is 21.5 Å². The Bertz CT molecular complexity index is 1290. The van der Waals surface area contributed by atoms with Crippen molar-refractivity contribution in [1.29, 1.82) is 0 Å². The van der Waals surface area contributed by atoms with Crippen LogP contribution in [0.3, 0.4) is 0 Å². The van der Waals surface area contributed by atoms with E-state index in [2.05, 4.69) is 97.2 Å². The van der Waals surface area contributed by atoms with Crippen LogP contribution in [0.25, 0.3) is 21.5 Å². The molecule has 4 aromatic rings. The third-order valence-corrected chi connectivity index (χ3v) is 8.11. The maximum absolute atomic E-state index is 4.72. The monoisotopic (exact) mass is 538 g/mol. The fourth-order valence-electron chi connectivity index (χ4n) is 6.12. The summed E-state index contributed by atoms with van der Waals surface area (Å²) in [7, 11) is 0. The van der Waals surface area contributed by atoms with Gasteiger partial charge in [0.25, 0.3) is 0 Å². The van der Waals surface area contributed by atoms with Crippen molar-refractivity contribution in [3.05, 3.63) is 83.4 Å². The number of likely N-dealkylation sites (tertiary alicyclic amines) is 2. The number of rotatable bonds is 6. The summed E-state index contributed by atoms with van der Waals surface area (Å²) in [5.74, 6) is 0.955. The zero-order valence-electron chi connectivity index (χ0n) is 25.8. The van der Waals surface area contributed by atoms with Crippen LogP contribution < -0.4 is 0 Å². The van der Waals surface area contributed by atoms with Gasteiger partial charge in [-0.1, -0.05) is 84.0 Å². The summed E-state index contributed by atoms with van der Waals surface area (Å²) in [5.41, 5.74) is 5.27.